The van der Waals surface area contributed by atoms with E-state index in [0.717, 1.165) is 12.5 Å². The van der Waals surface area contributed by atoms with Gasteiger partial charge >= 0.3 is 0 Å². The molecule has 1 aliphatic carbocycles. The molecule has 0 radical (unpaired) electrons. The molecule has 13 heavy (non-hydrogen) atoms. The van der Waals surface area contributed by atoms with Gasteiger partial charge in [0.1, 0.15) is 0 Å². The lowest BCUT2D eigenvalue weighted by atomic mass is 9.81. The summed E-state index contributed by atoms with van der Waals surface area (Å²) in [6.45, 7) is 1.04. The van der Waals surface area contributed by atoms with Crippen LogP contribution in [0.1, 0.15) is 30.5 Å². The minimum Gasteiger partial charge on any atom is -0.364 e. The zero-order valence-electron chi connectivity index (χ0n) is 7.71. The van der Waals surface area contributed by atoms with Gasteiger partial charge in [-0.15, -0.1) is 0 Å². The third-order valence-corrected chi connectivity index (χ3v) is 3.23. The number of aliphatic imine (C=N–C) groups is 1. The number of hydrogen-bond donors (Lipinski definition) is 1. The molecule has 1 N–H and O–H groups in total. The summed E-state index contributed by atoms with van der Waals surface area (Å²) in [4.78, 5) is 7.97. The molecule has 0 amide bonds. The Bertz CT molecular complexity index is 349. The smallest absolute Gasteiger partial charge is 0.0469 e. The first kappa shape index (κ1) is 7.36. The highest BCUT2D eigenvalue weighted by atomic mass is 14.8. The molecular weight excluding hydrogens is 160 g/mol. The standard InChI is InChI=1S/C11H14N2/c1-2-8-3-4-10-9(5-7-12-10)11(8)13-6-1/h5,7-8,12H,1-4,6H2. The van der Waals surface area contributed by atoms with Crippen molar-refractivity contribution in [2.45, 2.75) is 25.7 Å². The summed E-state index contributed by atoms with van der Waals surface area (Å²) in [6, 6.07) is 2.19. The molecule has 68 valence electrons. The number of aryl methyl sites for hydroxylation is 1. The molecule has 2 nitrogen and oxygen atoms in total. The first-order chi connectivity index (χ1) is 6.45. The fraction of sp³-hybridized carbons (Fsp3) is 0.545. The number of aromatic amines is 1. The Morgan fingerprint density at radius 3 is 3.38 bits per heavy atom. The summed E-state index contributed by atoms with van der Waals surface area (Å²) >= 11 is 0. The van der Waals surface area contributed by atoms with Crippen molar-refractivity contribution in [3.63, 3.8) is 0 Å². The van der Waals surface area contributed by atoms with Crippen LogP contribution in [-0.4, -0.2) is 17.2 Å². The highest BCUT2D eigenvalue weighted by Crippen LogP contribution is 2.30. The van der Waals surface area contributed by atoms with Gasteiger partial charge in [-0.2, -0.15) is 0 Å². The Hall–Kier alpha value is -1.05. The predicted molar refractivity (Wildman–Crippen MR) is 53.2 cm³/mol. The SMILES string of the molecule is c1cc2c([nH]1)CCC1CCCN=C21. The molecule has 3 rings (SSSR count). The van der Waals surface area contributed by atoms with Gasteiger partial charge < -0.3 is 4.98 Å². The Morgan fingerprint density at radius 2 is 2.38 bits per heavy atom. The lowest BCUT2D eigenvalue weighted by molar-refractivity contribution is 0.519. The van der Waals surface area contributed by atoms with Gasteiger partial charge in [-0.3, -0.25) is 4.99 Å². The Kier molecular flexibility index (Phi) is 1.54. The van der Waals surface area contributed by atoms with Gasteiger partial charge in [0.25, 0.3) is 0 Å². The molecular formula is C11H14N2. The van der Waals surface area contributed by atoms with Crippen LogP contribution >= 0.6 is 0 Å². The van der Waals surface area contributed by atoms with Crippen LogP contribution in [0.2, 0.25) is 0 Å². The second kappa shape index (κ2) is 2.72. The van der Waals surface area contributed by atoms with Crippen molar-refractivity contribution in [3.05, 3.63) is 23.5 Å². The monoisotopic (exact) mass is 174 g/mol. The minimum atomic E-state index is 0.761. The molecule has 1 unspecified atom stereocenters. The van der Waals surface area contributed by atoms with E-state index in [2.05, 4.69) is 16.0 Å². The molecule has 0 fully saturated rings. The van der Waals surface area contributed by atoms with Gasteiger partial charge in [0, 0.05) is 35.6 Å². The Balaban J connectivity index is 2.10. The van der Waals surface area contributed by atoms with Gasteiger partial charge in [0.15, 0.2) is 0 Å². The maximum atomic E-state index is 4.66. The Labute approximate surface area is 78.1 Å². The van der Waals surface area contributed by atoms with Crippen molar-refractivity contribution in [3.8, 4) is 0 Å². The zero-order valence-corrected chi connectivity index (χ0v) is 7.71. The number of hydrogen-bond acceptors (Lipinski definition) is 1. The molecule has 1 aromatic heterocycles. The van der Waals surface area contributed by atoms with Crippen molar-refractivity contribution in [1.29, 1.82) is 0 Å². The molecule has 1 atom stereocenters. The maximum absolute atomic E-state index is 4.66. The molecule has 0 aromatic carbocycles. The molecule has 0 spiro atoms. The van der Waals surface area contributed by atoms with E-state index in [0.29, 0.717) is 0 Å². The third kappa shape index (κ3) is 1.05. The first-order valence-electron chi connectivity index (χ1n) is 5.16. The topological polar surface area (TPSA) is 28.1 Å². The van der Waals surface area contributed by atoms with E-state index in [1.54, 1.807) is 0 Å². The Morgan fingerprint density at radius 1 is 1.38 bits per heavy atom. The predicted octanol–water partition coefficient (Wildman–Crippen LogP) is 2.16. The normalized spacial score (nSPS) is 26.2. The van der Waals surface area contributed by atoms with E-state index < -0.39 is 0 Å². The van der Waals surface area contributed by atoms with E-state index in [4.69, 9.17) is 0 Å². The minimum absolute atomic E-state index is 0.761. The van der Waals surface area contributed by atoms with Crippen LogP contribution in [0, 0.1) is 5.92 Å². The second-order valence-corrected chi connectivity index (χ2v) is 4.01. The van der Waals surface area contributed by atoms with Crippen LogP contribution in [0.4, 0.5) is 0 Å². The number of nitrogens with zero attached hydrogens (tertiary/aromatic N) is 1. The van der Waals surface area contributed by atoms with E-state index in [-0.39, 0.29) is 0 Å². The fourth-order valence-corrected chi connectivity index (χ4v) is 2.56. The molecule has 2 heterocycles. The summed E-state index contributed by atoms with van der Waals surface area (Å²) in [6.07, 6.45) is 7.19. The van der Waals surface area contributed by atoms with Gasteiger partial charge in [0.05, 0.1) is 0 Å². The first-order valence-corrected chi connectivity index (χ1v) is 5.16. The molecule has 0 saturated carbocycles. The summed E-state index contributed by atoms with van der Waals surface area (Å²) in [5.74, 6) is 0.761. The van der Waals surface area contributed by atoms with Crippen molar-refractivity contribution in [2.24, 2.45) is 10.9 Å². The lowest BCUT2D eigenvalue weighted by Crippen LogP contribution is -2.26. The highest BCUT2D eigenvalue weighted by molar-refractivity contribution is 6.04. The lowest BCUT2D eigenvalue weighted by Gasteiger charge is -2.27. The highest BCUT2D eigenvalue weighted by Gasteiger charge is 2.27. The quantitative estimate of drug-likeness (QED) is 0.624. The summed E-state index contributed by atoms with van der Waals surface area (Å²) in [7, 11) is 0. The van der Waals surface area contributed by atoms with Gasteiger partial charge in [-0.05, 0) is 31.7 Å². The number of rotatable bonds is 0. The van der Waals surface area contributed by atoms with Crippen LogP contribution in [0.15, 0.2) is 17.3 Å². The van der Waals surface area contributed by atoms with Crippen LogP contribution in [-0.2, 0) is 6.42 Å². The molecule has 1 aliphatic heterocycles. The third-order valence-electron chi connectivity index (χ3n) is 3.23. The van der Waals surface area contributed by atoms with Crippen LogP contribution < -0.4 is 0 Å². The molecule has 0 saturated heterocycles. The number of fused-ring (bicyclic) bond motifs is 3. The number of H-pyrrole nitrogens is 1. The zero-order chi connectivity index (χ0) is 8.67. The number of aromatic nitrogens is 1. The van der Waals surface area contributed by atoms with Gasteiger partial charge in [-0.1, -0.05) is 0 Å². The van der Waals surface area contributed by atoms with Crippen molar-refractivity contribution >= 4 is 5.71 Å². The van der Waals surface area contributed by atoms with E-state index in [9.17, 15) is 0 Å². The van der Waals surface area contributed by atoms with Crippen LogP contribution in [0.3, 0.4) is 0 Å². The molecule has 0 bridgehead atoms. The molecule has 2 heteroatoms. The second-order valence-electron chi connectivity index (χ2n) is 4.01. The van der Waals surface area contributed by atoms with Crippen LogP contribution in [0.5, 0.6) is 0 Å². The summed E-state index contributed by atoms with van der Waals surface area (Å²) in [5.41, 5.74) is 4.18. The number of nitrogens with one attached hydrogen (secondary N) is 1. The summed E-state index contributed by atoms with van der Waals surface area (Å²) < 4.78 is 0. The maximum Gasteiger partial charge on any atom is 0.0469 e. The average molecular weight is 174 g/mol. The molecule has 2 aliphatic rings. The van der Waals surface area contributed by atoms with Gasteiger partial charge in [0.2, 0.25) is 0 Å². The van der Waals surface area contributed by atoms with Crippen molar-refractivity contribution in [2.75, 3.05) is 6.54 Å². The van der Waals surface area contributed by atoms with E-state index >= 15 is 0 Å². The van der Waals surface area contributed by atoms with Gasteiger partial charge in [-0.25, -0.2) is 0 Å². The van der Waals surface area contributed by atoms with E-state index in [1.165, 1.54) is 42.7 Å². The molecule has 1 aromatic rings. The van der Waals surface area contributed by atoms with Crippen molar-refractivity contribution < 1.29 is 0 Å². The fourth-order valence-electron chi connectivity index (χ4n) is 2.56. The summed E-state index contributed by atoms with van der Waals surface area (Å²) in [5, 5.41) is 0. The van der Waals surface area contributed by atoms with E-state index in [1.807, 2.05) is 6.20 Å². The largest absolute Gasteiger partial charge is 0.364 e. The average Bonchev–Trinajstić information content (AvgIpc) is 2.65. The van der Waals surface area contributed by atoms with Crippen molar-refractivity contribution in [1.82, 2.24) is 4.98 Å². The van der Waals surface area contributed by atoms with Crippen LogP contribution in [0.25, 0.3) is 0 Å².